The molecular formula is C18H28N4O3. The van der Waals surface area contributed by atoms with E-state index in [1.807, 2.05) is 6.92 Å². The SMILES string of the molecule is CCOCCC(=O)N[C@H]1CN(Cc2cc(=O)[nH]c(C)n2)C[C@@H]1C1CC1. The summed E-state index contributed by atoms with van der Waals surface area (Å²) in [7, 11) is 0. The number of hydrogen-bond acceptors (Lipinski definition) is 5. The lowest BCUT2D eigenvalue weighted by atomic mass is 9.98. The Balaban J connectivity index is 1.58. The van der Waals surface area contributed by atoms with Crippen molar-refractivity contribution in [3.05, 3.63) is 27.9 Å². The van der Waals surface area contributed by atoms with Gasteiger partial charge in [-0.25, -0.2) is 4.98 Å². The molecule has 7 nitrogen and oxygen atoms in total. The number of ether oxygens (including phenoxy) is 1. The highest BCUT2D eigenvalue weighted by Gasteiger charge is 2.42. The van der Waals surface area contributed by atoms with Crippen LogP contribution in [-0.2, 0) is 16.1 Å². The maximum Gasteiger partial charge on any atom is 0.251 e. The number of aromatic amines is 1. The molecule has 0 bridgehead atoms. The molecule has 1 aromatic rings. The minimum atomic E-state index is -0.110. The summed E-state index contributed by atoms with van der Waals surface area (Å²) in [6.45, 7) is 7.26. The molecule has 25 heavy (non-hydrogen) atoms. The molecule has 2 heterocycles. The molecule has 1 amide bonds. The van der Waals surface area contributed by atoms with E-state index in [0.29, 0.717) is 37.9 Å². The van der Waals surface area contributed by atoms with Crippen molar-refractivity contribution in [2.75, 3.05) is 26.3 Å². The van der Waals surface area contributed by atoms with E-state index in [1.54, 1.807) is 13.0 Å². The molecular weight excluding hydrogens is 320 g/mol. The van der Waals surface area contributed by atoms with Crippen molar-refractivity contribution in [2.45, 2.75) is 45.7 Å². The molecule has 2 atom stereocenters. The van der Waals surface area contributed by atoms with E-state index >= 15 is 0 Å². The molecule has 138 valence electrons. The van der Waals surface area contributed by atoms with Crippen molar-refractivity contribution in [2.24, 2.45) is 11.8 Å². The first-order chi connectivity index (χ1) is 12.0. The highest BCUT2D eigenvalue weighted by atomic mass is 16.5. The number of H-pyrrole nitrogens is 1. The van der Waals surface area contributed by atoms with Crippen molar-refractivity contribution in [3.8, 4) is 0 Å². The summed E-state index contributed by atoms with van der Waals surface area (Å²) in [4.78, 5) is 33.2. The van der Waals surface area contributed by atoms with Gasteiger partial charge in [-0.15, -0.1) is 0 Å². The Morgan fingerprint density at radius 2 is 2.24 bits per heavy atom. The number of nitrogens with one attached hydrogen (secondary N) is 2. The predicted molar refractivity (Wildman–Crippen MR) is 94.1 cm³/mol. The minimum absolute atomic E-state index is 0.0658. The Kier molecular flexibility index (Phi) is 5.86. The third-order valence-corrected chi connectivity index (χ3v) is 4.99. The minimum Gasteiger partial charge on any atom is -0.381 e. The van der Waals surface area contributed by atoms with Gasteiger partial charge in [0.15, 0.2) is 0 Å². The van der Waals surface area contributed by atoms with Crippen LogP contribution in [0.15, 0.2) is 10.9 Å². The first-order valence-electron chi connectivity index (χ1n) is 9.21. The van der Waals surface area contributed by atoms with Gasteiger partial charge in [0.25, 0.3) is 5.56 Å². The number of carbonyl (C=O) groups excluding carboxylic acids is 1. The monoisotopic (exact) mass is 348 g/mol. The van der Waals surface area contributed by atoms with Gasteiger partial charge in [-0.3, -0.25) is 14.5 Å². The average Bonchev–Trinajstić information content (AvgIpc) is 3.30. The topological polar surface area (TPSA) is 87.3 Å². The Morgan fingerprint density at radius 3 is 2.92 bits per heavy atom. The van der Waals surface area contributed by atoms with E-state index in [0.717, 1.165) is 24.7 Å². The number of nitrogens with zero attached hydrogens (tertiary/aromatic N) is 2. The summed E-state index contributed by atoms with van der Waals surface area (Å²) >= 11 is 0. The zero-order chi connectivity index (χ0) is 17.8. The lowest BCUT2D eigenvalue weighted by Gasteiger charge is -2.19. The van der Waals surface area contributed by atoms with Crippen molar-refractivity contribution >= 4 is 5.91 Å². The molecule has 1 saturated heterocycles. The van der Waals surface area contributed by atoms with Crippen LogP contribution in [0.4, 0.5) is 0 Å². The van der Waals surface area contributed by atoms with Crippen molar-refractivity contribution < 1.29 is 9.53 Å². The maximum absolute atomic E-state index is 12.1. The van der Waals surface area contributed by atoms with Gasteiger partial charge < -0.3 is 15.0 Å². The van der Waals surface area contributed by atoms with E-state index in [9.17, 15) is 9.59 Å². The van der Waals surface area contributed by atoms with Gasteiger partial charge in [0.1, 0.15) is 5.82 Å². The first-order valence-corrected chi connectivity index (χ1v) is 9.21. The zero-order valence-electron chi connectivity index (χ0n) is 15.1. The van der Waals surface area contributed by atoms with Gasteiger partial charge in [-0.05, 0) is 38.5 Å². The molecule has 0 spiro atoms. The Hall–Kier alpha value is -1.73. The first kappa shape index (κ1) is 18.1. The van der Waals surface area contributed by atoms with Gasteiger partial charge in [-0.2, -0.15) is 0 Å². The van der Waals surface area contributed by atoms with E-state index < -0.39 is 0 Å². The number of hydrogen-bond donors (Lipinski definition) is 2. The van der Waals surface area contributed by atoms with Crippen LogP contribution >= 0.6 is 0 Å². The summed E-state index contributed by atoms with van der Waals surface area (Å²) in [6.07, 6.45) is 2.93. The van der Waals surface area contributed by atoms with E-state index in [1.165, 1.54) is 12.8 Å². The van der Waals surface area contributed by atoms with Gasteiger partial charge in [0.2, 0.25) is 5.91 Å². The van der Waals surface area contributed by atoms with Crippen LogP contribution in [0, 0.1) is 18.8 Å². The molecule has 2 N–H and O–H groups in total. The van der Waals surface area contributed by atoms with Crippen molar-refractivity contribution in [3.63, 3.8) is 0 Å². The second-order valence-corrected chi connectivity index (χ2v) is 7.14. The van der Waals surface area contributed by atoms with Crippen LogP contribution in [0.2, 0.25) is 0 Å². The summed E-state index contributed by atoms with van der Waals surface area (Å²) in [5, 5.41) is 3.20. The predicted octanol–water partition coefficient (Wildman–Crippen LogP) is 0.832. The number of aryl methyl sites for hydroxylation is 1. The number of carbonyl (C=O) groups is 1. The molecule has 3 rings (SSSR count). The Bertz CT molecular complexity index is 656. The Morgan fingerprint density at radius 1 is 1.44 bits per heavy atom. The molecule has 1 aliphatic heterocycles. The molecule has 0 radical (unpaired) electrons. The highest BCUT2D eigenvalue weighted by Crippen LogP contribution is 2.41. The van der Waals surface area contributed by atoms with Gasteiger partial charge >= 0.3 is 0 Å². The second kappa shape index (κ2) is 8.10. The average molecular weight is 348 g/mol. The fraction of sp³-hybridized carbons (Fsp3) is 0.722. The smallest absolute Gasteiger partial charge is 0.251 e. The molecule has 1 saturated carbocycles. The van der Waals surface area contributed by atoms with Crippen LogP contribution in [0.5, 0.6) is 0 Å². The maximum atomic E-state index is 12.1. The summed E-state index contributed by atoms with van der Waals surface area (Å²) in [5.41, 5.74) is 0.681. The van der Waals surface area contributed by atoms with Crippen LogP contribution in [0.1, 0.15) is 37.7 Å². The van der Waals surface area contributed by atoms with Crippen LogP contribution < -0.4 is 10.9 Å². The number of likely N-dealkylation sites (tertiary alicyclic amines) is 1. The lowest BCUT2D eigenvalue weighted by Crippen LogP contribution is -2.41. The molecule has 1 aromatic heterocycles. The summed E-state index contributed by atoms with van der Waals surface area (Å²) < 4.78 is 5.27. The second-order valence-electron chi connectivity index (χ2n) is 7.14. The van der Waals surface area contributed by atoms with Crippen LogP contribution in [0.3, 0.4) is 0 Å². The normalized spacial score (nSPS) is 23.8. The summed E-state index contributed by atoms with van der Waals surface area (Å²) in [6, 6.07) is 1.75. The zero-order valence-corrected chi connectivity index (χ0v) is 15.1. The van der Waals surface area contributed by atoms with Gasteiger partial charge in [0.05, 0.1) is 12.3 Å². The molecule has 1 aliphatic carbocycles. The van der Waals surface area contributed by atoms with Gasteiger partial charge in [0, 0.05) is 44.8 Å². The number of aromatic nitrogens is 2. The molecule has 0 aromatic carbocycles. The Labute approximate surface area is 148 Å². The molecule has 2 aliphatic rings. The fourth-order valence-electron chi connectivity index (χ4n) is 3.74. The van der Waals surface area contributed by atoms with Crippen LogP contribution in [0.25, 0.3) is 0 Å². The van der Waals surface area contributed by atoms with Crippen LogP contribution in [-0.4, -0.2) is 53.1 Å². The third-order valence-electron chi connectivity index (χ3n) is 4.99. The highest BCUT2D eigenvalue weighted by molar-refractivity contribution is 5.76. The number of rotatable bonds is 8. The molecule has 7 heteroatoms. The van der Waals surface area contributed by atoms with Crippen molar-refractivity contribution in [1.82, 2.24) is 20.2 Å². The fourth-order valence-corrected chi connectivity index (χ4v) is 3.74. The standard InChI is InChI=1S/C18H28N4O3/c1-3-25-7-6-17(23)21-16-11-22(10-15(16)13-4-5-13)9-14-8-18(24)20-12(2)19-14/h8,13,15-16H,3-7,9-11H2,1-2H3,(H,21,23)(H,19,20,24)/t15-,16+/m1/s1. The molecule has 2 fully saturated rings. The van der Waals surface area contributed by atoms with Crippen molar-refractivity contribution in [1.29, 1.82) is 0 Å². The molecule has 0 unspecified atom stereocenters. The third kappa shape index (κ3) is 5.12. The summed E-state index contributed by atoms with van der Waals surface area (Å²) in [5.74, 6) is 1.92. The lowest BCUT2D eigenvalue weighted by molar-refractivity contribution is -0.123. The largest absolute Gasteiger partial charge is 0.381 e. The quantitative estimate of drug-likeness (QED) is 0.680. The van der Waals surface area contributed by atoms with E-state index in [-0.39, 0.29) is 17.5 Å². The van der Waals surface area contributed by atoms with E-state index in [2.05, 4.69) is 20.2 Å². The van der Waals surface area contributed by atoms with Gasteiger partial charge in [-0.1, -0.05) is 0 Å². The number of amides is 1. The van der Waals surface area contributed by atoms with E-state index in [4.69, 9.17) is 4.74 Å².